The lowest BCUT2D eigenvalue weighted by molar-refractivity contribution is -0.139. The molecule has 2 N–H and O–H groups in total. The average molecular weight is 344 g/mol. The summed E-state index contributed by atoms with van der Waals surface area (Å²) < 4.78 is 0. The van der Waals surface area contributed by atoms with Crippen LogP contribution in [0.4, 0.5) is 5.82 Å². The topological polar surface area (TPSA) is 73.7 Å². The molecule has 1 aliphatic heterocycles. The predicted octanol–water partition coefficient (Wildman–Crippen LogP) is 2.81. The molecule has 2 aromatic rings. The van der Waals surface area contributed by atoms with E-state index in [1.807, 2.05) is 36.0 Å². The predicted molar refractivity (Wildman–Crippen MR) is 96.4 cm³/mol. The Hall–Kier alpha value is -2.05. The maximum Gasteiger partial charge on any atom is 0.306 e. The molecule has 0 bridgehead atoms. The van der Waals surface area contributed by atoms with E-state index in [1.54, 1.807) is 18.3 Å². The van der Waals surface area contributed by atoms with E-state index in [0.717, 1.165) is 41.5 Å². The van der Waals surface area contributed by atoms with Gasteiger partial charge in [0, 0.05) is 36.4 Å². The summed E-state index contributed by atoms with van der Waals surface area (Å²) in [6.45, 7) is 2.01. The van der Waals surface area contributed by atoms with Gasteiger partial charge in [0.05, 0.1) is 12.5 Å². The first-order chi connectivity index (χ1) is 11.6. The minimum absolute atomic E-state index is 0.312. The van der Waals surface area contributed by atoms with E-state index in [-0.39, 0.29) is 6.42 Å². The third-order valence-electron chi connectivity index (χ3n) is 4.08. The van der Waals surface area contributed by atoms with Crippen LogP contribution < -0.4 is 4.90 Å². The number of benzene rings is 1. The highest BCUT2D eigenvalue weighted by molar-refractivity contribution is 7.99. The van der Waals surface area contributed by atoms with Crippen LogP contribution in [0.5, 0.6) is 0 Å². The average Bonchev–Trinajstić information content (AvgIpc) is 2.62. The van der Waals surface area contributed by atoms with E-state index >= 15 is 0 Å². The number of thioether (sulfide) groups is 1. The van der Waals surface area contributed by atoms with Crippen molar-refractivity contribution >= 4 is 23.5 Å². The first-order valence-corrected chi connectivity index (χ1v) is 9.08. The van der Waals surface area contributed by atoms with Crippen molar-refractivity contribution in [3.63, 3.8) is 0 Å². The van der Waals surface area contributed by atoms with Crippen LogP contribution in [0.15, 0.2) is 42.6 Å². The number of carboxylic acids is 1. The summed E-state index contributed by atoms with van der Waals surface area (Å²) in [5.74, 6) is 2.18. The van der Waals surface area contributed by atoms with E-state index in [2.05, 4.69) is 9.88 Å². The Morgan fingerprint density at radius 3 is 2.62 bits per heavy atom. The highest BCUT2D eigenvalue weighted by atomic mass is 32.2. The Labute approximate surface area is 145 Å². The van der Waals surface area contributed by atoms with Crippen molar-refractivity contribution < 1.29 is 15.0 Å². The van der Waals surface area contributed by atoms with Gasteiger partial charge in [-0.1, -0.05) is 24.3 Å². The van der Waals surface area contributed by atoms with Crippen LogP contribution >= 0.6 is 11.8 Å². The maximum atomic E-state index is 10.9. The van der Waals surface area contributed by atoms with Crippen LogP contribution in [0.25, 0.3) is 11.1 Å². The first kappa shape index (κ1) is 16.8. The number of hydrogen-bond acceptors (Lipinski definition) is 5. The number of pyridine rings is 1. The van der Waals surface area contributed by atoms with Gasteiger partial charge in [-0.15, -0.1) is 0 Å². The number of aliphatic carboxylic acids is 1. The minimum atomic E-state index is -1.03. The van der Waals surface area contributed by atoms with Crippen molar-refractivity contribution in [1.82, 2.24) is 4.98 Å². The molecule has 126 valence electrons. The zero-order valence-electron chi connectivity index (χ0n) is 13.3. The highest BCUT2D eigenvalue weighted by Gasteiger charge is 2.17. The van der Waals surface area contributed by atoms with Gasteiger partial charge in [0.25, 0.3) is 0 Å². The molecule has 1 aromatic heterocycles. The highest BCUT2D eigenvalue weighted by Crippen LogP contribution is 2.30. The fraction of sp³-hybridized carbons (Fsp3) is 0.333. The summed E-state index contributed by atoms with van der Waals surface area (Å²) in [5.41, 5.74) is 2.31. The van der Waals surface area contributed by atoms with Gasteiger partial charge in [0.1, 0.15) is 5.82 Å². The van der Waals surface area contributed by atoms with Crippen LogP contribution in [-0.2, 0) is 4.79 Å². The van der Waals surface area contributed by atoms with Crippen molar-refractivity contribution in [3.8, 4) is 11.1 Å². The molecule has 0 amide bonds. The number of carbonyl (C=O) groups is 1. The summed E-state index contributed by atoms with van der Waals surface area (Å²) in [5, 5.41) is 19.1. The van der Waals surface area contributed by atoms with Gasteiger partial charge in [0.2, 0.25) is 0 Å². The lowest BCUT2D eigenvalue weighted by Crippen LogP contribution is -2.32. The van der Waals surface area contributed by atoms with Gasteiger partial charge >= 0.3 is 5.97 Å². The number of aliphatic hydroxyl groups excluding tert-OH is 1. The molecule has 1 aliphatic rings. The molecule has 1 saturated heterocycles. The lowest BCUT2D eigenvalue weighted by Gasteiger charge is -2.27. The first-order valence-electron chi connectivity index (χ1n) is 7.93. The summed E-state index contributed by atoms with van der Waals surface area (Å²) in [6.07, 6.45) is 0.453. The molecular formula is C18H20N2O3S. The van der Waals surface area contributed by atoms with Crippen LogP contribution in [0.3, 0.4) is 0 Å². The van der Waals surface area contributed by atoms with Crippen LogP contribution in [-0.4, -0.2) is 45.8 Å². The van der Waals surface area contributed by atoms with Crippen molar-refractivity contribution in [1.29, 1.82) is 0 Å². The molecular weight excluding hydrogens is 324 g/mol. The molecule has 1 atom stereocenters. The van der Waals surface area contributed by atoms with Crippen molar-refractivity contribution in [3.05, 3.63) is 48.2 Å². The Kier molecular flexibility index (Phi) is 5.37. The zero-order chi connectivity index (χ0) is 16.9. The molecule has 1 unspecified atom stereocenters. The molecule has 6 heteroatoms. The van der Waals surface area contributed by atoms with E-state index in [9.17, 15) is 9.90 Å². The second kappa shape index (κ2) is 7.68. The quantitative estimate of drug-likeness (QED) is 0.869. The molecule has 0 saturated carbocycles. The lowest BCUT2D eigenvalue weighted by atomic mass is 9.96. The van der Waals surface area contributed by atoms with E-state index in [4.69, 9.17) is 5.11 Å². The molecule has 1 fully saturated rings. The van der Waals surface area contributed by atoms with Crippen LogP contribution in [0, 0.1) is 0 Å². The Morgan fingerprint density at radius 1 is 1.21 bits per heavy atom. The molecule has 24 heavy (non-hydrogen) atoms. The summed E-state index contributed by atoms with van der Waals surface area (Å²) in [6, 6.07) is 11.3. The van der Waals surface area contributed by atoms with Gasteiger partial charge < -0.3 is 15.1 Å². The SMILES string of the molecule is O=C(O)CC(O)c1ccccc1-c1ccc(N2CCSCC2)nc1. The molecule has 3 rings (SSSR count). The Morgan fingerprint density at radius 2 is 1.96 bits per heavy atom. The number of aromatic nitrogens is 1. The fourth-order valence-corrected chi connectivity index (χ4v) is 3.75. The third kappa shape index (κ3) is 3.88. The van der Waals surface area contributed by atoms with E-state index in [1.165, 1.54) is 0 Å². The number of anilines is 1. The summed E-state index contributed by atoms with van der Waals surface area (Å²) in [4.78, 5) is 17.7. The van der Waals surface area contributed by atoms with Crippen molar-refractivity contribution in [2.45, 2.75) is 12.5 Å². The summed E-state index contributed by atoms with van der Waals surface area (Å²) >= 11 is 1.96. The second-order valence-electron chi connectivity index (χ2n) is 5.71. The van der Waals surface area contributed by atoms with E-state index < -0.39 is 12.1 Å². The number of nitrogens with zero attached hydrogens (tertiary/aromatic N) is 2. The molecule has 1 aromatic carbocycles. The minimum Gasteiger partial charge on any atom is -0.481 e. The van der Waals surface area contributed by atoms with Crippen LogP contribution in [0.1, 0.15) is 18.1 Å². The number of rotatable bonds is 5. The molecule has 2 heterocycles. The van der Waals surface area contributed by atoms with Gasteiger partial charge in [-0.2, -0.15) is 11.8 Å². The smallest absolute Gasteiger partial charge is 0.306 e. The molecule has 0 radical (unpaired) electrons. The molecule has 0 aliphatic carbocycles. The van der Waals surface area contributed by atoms with Gasteiger partial charge in [-0.25, -0.2) is 4.98 Å². The zero-order valence-corrected chi connectivity index (χ0v) is 14.1. The van der Waals surface area contributed by atoms with Gasteiger partial charge in [-0.3, -0.25) is 4.79 Å². The Balaban J connectivity index is 1.85. The maximum absolute atomic E-state index is 10.9. The summed E-state index contributed by atoms with van der Waals surface area (Å²) in [7, 11) is 0. The monoisotopic (exact) mass is 344 g/mol. The van der Waals surface area contributed by atoms with Crippen molar-refractivity contribution in [2.75, 3.05) is 29.5 Å². The number of carboxylic acid groups (broad SMARTS) is 1. The Bertz CT molecular complexity index is 700. The normalized spacial score (nSPS) is 16.0. The van der Waals surface area contributed by atoms with Crippen LogP contribution in [0.2, 0.25) is 0 Å². The fourth-order valence-electron chi connectivity index (χ4n) is 2.85. The third-order valence-corrected chi connectivity index (χ3v) is 5.02. The van der Waals surface area contributed by atoms with Gasteiger partial charge in [-0.05, 0) is 23.3 Å². The van der Waals surface area contributed by atoms with Gasteiger partial charge in [0.15, 0.2) is 0 Å². The number of aliphatic hydroxyl groups is 1. The second-order valence-corrected chi connectivity index (χ2v) is 6.93. The standard InChI is InChI=1S/C18H20N2O3S/c21-16(11-18(22)23)15-4-2-1-3-14(15)13-5-6-17(19-12-13)20-7-9-24-10-8-20/h1-6,12,16,21H,7-11H2,(H,22,23). The molecule has 5 nitrogen and oxygen atoms in total. The largest absolute Gasteiger partial charge is 0.481 e. The molecule has 0 spiro atoms. The number of hydrogen-bond donors (Lipinski definition) is 2. The van der Waals surface area contributed by atoms with E-state index in [0.29, 0.717) is 5.56 Å². The van der Waals surface area contributed by atoms with Crippen molar-refractivity contribution in [2.24, 2.45) is 0 Å².